The van der Waals surface area contributed by atoms with Gasteiger partial charge in [0, 0.05) is 5.39 Å². The molecule has 1 N–H and O–H groups in total. The number of hydrogen-bond acceptors (Lipinski definition) is 3. The minimum atomic E-state index is -5.41. The fourth-order valence-electron chi connectivity index (χ4n) is 1.81. The van der Waals surface area contributed by atoms with Crippen molar-refractivity contribution in [1.29, 1.82) is 0 Å². The molecule has 0 spiro atoms. The molecule has 124 valence electrons. The second-order valence-corrected chi connectivity index (χ2v) is 4.60. The molecule has 0 atom stereocenters. The van der Waals surface area contributed by atoms with Crippen LogP contribution in [0.3, 0.4) is 0 Å². The number of fused-ring (bicyclic) bond motifs is 1. The van der Waals surface area contributed by atoms with Crippen LogP contribution in [0.4, 0.5) is 31.1 Å². The van der Waals surface area contributed by atoms with Gasteiger partial charge in [-0.2, -0.15) is 26.3 Å². The van der Waals surface area contributed by atoms with Crippen LogP contribution >= 0.6 is 11.6 Å². The van der Waals surface area contributed by atoms with Crippen molar-refractivity contribution in [3.8, 4) is 5.75 Å². The lowest BCUT2D eigenvalue weighted by Gasteiger charge is -2.16. The molecule has 0 saturated carbocycles. The van der Waals surface area contributed by atoms with Gasteiger partial charge in [-0.25, -0.2) is 9.78 Å². The number of alkyl halides is 6. The first-order chi connectivity index (χ1) is 10.4. The van der Waals surface area contributed by atoms with E-state index in [4.69, 9.17) is 16.7 Å². The summed E-state index contributed by atoms with van der Waals surface area (Å²) in [6, 6.07) is 2.15. The first-order valence-corrected chi connectivity index (χ1v) is 5.97. The maximum absolute atomic E-state index is 12.8. The number of halogens is 7. The quantitative estimate of drug-likeness (QED) is 0.443. The van der Waals surface area contributed by atoms with Gasteiger partial charge in [-0.3, -0.25) is 0 Å². The first kappa shape index (κ1) is 17.1. The standard InChI is InChI=1S/C12H4ClF6NO3/c13-6-2-1-4-3-5(11(14,15)16)9(12(17,18)19)20-7(4)8(6)23-10(21)22/h1-3H,(H,21,22). The van der Waals surface area contributed by atoms with Crippen molar-refractivity contribution >= 4 is 28.7 Å². The predicted molar refractivity (Wildman–Crippen MR) is 65.4 cm³/mol. The Kier molecular flexibility index (Phi) is 4.05. The smallest absolute Gasteiger partial charge is 0.449 e. The van der Waals surface area contributed by atoms with Crippen LogP contribution in [0.2, 0.25) is 5.02 Å². The summed E-state index contributed by atoms with van der Waals surface area (Å²) in [5.41, 5.74) is -4.96. The zero-order valence-electron chi connectivity index (χ0n) is 10.6. The summed E-state index contributed by atoms with van der Waals surface area (Å²) in [6.45, 7) is 0. The highest BCUT2D eigenvalue weighted by Crippen LogP contribution is 2.42. The summed E-state index contributed by atoms with van der Waals surface area (Å²) in [4.78, 5) is 13.5. The maximum Gasteiger partial charge on any atom is 0.511 e. The van der Waals surface area contributed by atoms with E-state index in [0.29, 0.717) is 0 Å². The average molecular weight is 360 g/mol. The van der Waals surface area contributed by atoms with E-state index < -0.39 is 51.4 Å². The van der Waals surface area contributed by atoms with E-state index in [1.54, 1.807) is 0 Å². The first-order valence-electron chi connectivity index (χ1n) is 5.59. The fraction of sp³-hybridized carbons (Fsp3) is 0.167. The Labute approximate surface area is 128 Å². The number of nitrogens with zero attached hydrogens (tertiary/aromatic N) is 1. The van der Waals surface area contributed by atoms with Crippen LogP contribution in [0, 0.1) is 0 Å². The molecule has 0 amide bonds. The summed E-state index contributed by atoms with van der Waals surface area (Å²) in [5.74, 6) is -0.782. The zero-order valence-corrected chi connectivity index (χ0v) is 11.3. The van der Waals surface area contributed by atoms with Gasteiger partial charge >= 0.3 is 18.5 Å². The molecular weight excluding hydrogens is 356 g/mol. The Balaban J connectivity index is 2.88. The number of pyridine rings is 1. The molecule has 2 rings (SSSR count). The van der Waals surface area contributed by atoms with E-state index >= 15 is 0 Å². The molecule has 1 aromatic carbocycles. The van der Waals surface area contributed by atoms with E-state index in [2.05, 4.69) is 9.72 Å². The molecule has 0 aliphatic heterocycles. The summed E-state index contributed by atoms with van der Waals surface area (Å²) in [6.07, 6.45) is -12.6. The van der Waals surface area contributed by atoms with E-state index in [0.717, 1.165) is 12.1 Å². The number of ether oxygens (including phenoxy) is 1. The summed E-state index contributed by atoms with van der Waals surface area (Å²) in [5, 5.41) is 7.73. The van der Waals surface area contributed by atoms with Crippen molar-refractivity contribution in [2.24, 2.45) is 0 Å². The average Bonchev–Trinajstić information content (AvgIpc) is 2.38. The third-order valence-electron chi connectivity index (χ3n) is 2.66. The molecule has 11 heteroatoms. The number of benzene rings is 1. The normalized spacial score (nSPS) is 12.5. The largest absolute Gasteiger partial charge is 0.511 e. The molecule has 0 aliphatic rings. The number of aromatic nitrogens is 1. The van der Waals surface area contributed by atoms with E-state index in [-0.39, 0.29) is 6.07 Å². The van der Waals surface area contributed by atoms with Crippen LogP contribution in [0.5, 0.6) is 5.75 Å². The Morgan fingerprint density at radius 3 is 2.22 bits per heavy atom. The molecule has 1 aromatic heterocycles. The van der Waals surface area contributed by atoms with Crippen LogP contribution in [0.1, 0.15) is 11.3 Å². The highest BCUT2D eigenvalue weighted by atomic mass is 35.5. The third-order valence-corrected chi connectivity index (χ3v) is 2.95. The highest BCUT2D eigenvalue weighted by molar-refractivity contribution is 6.33. The van der Waals surface area contributed by atoms with E-state index in [1.807, 2.05) is 0 Å². The Hall–Kier alpha value is -2.23. The number of hydrogen-bond donors (Lipinski definition) is 1. The van der Waals surface area contributed by atoms with Gasteiger partial charge in [0.05, 0.1) is 10.6 Å². The SMILES string of the molecule is O=C(O)Oc1c(Cl)ccc2cc(C(F)(F)F)c(C(F)(F)F)nc12. The van der Waals surface area contributed by atoms with Crippen molar-refractivity contribution in [3.05, 3.63) is 34.5 Å². The Morgan fingerprint density at radius 1 is 1.13 bits per heavy atom. The van der Waals surface area contributed by atoms with Gasteiger partial charge in [-0.15, -0.1) is 0 Å². The number of carbonyl (C=O) groups is 1. The molecular formula is C12H4ClF6NO3. The molecule has 1 heterocycles. The monoisotopic (exact) mass is 359 g/mol. The minimum absolute atomic E-state index is 0.205. The van der Waals surface area contributed by atoms with Crippen molar-refractivity contribution < 1.29 is 41.0 Å². The lowest BCUT2D eigenvalue weighted by molar-refractivity contribution is -0.164. The van der Waals surface area contributed by atoms with Crippen molar-refractivity contribution in [3.63, 3.8) is 0 Å². The molecule has 0 radical (unpaired) electrons. The van der Waals surface area contributed by atoms with Gasteiger partial charge in [-0.05, 0) is 12.1 Å². The highest BCUT2D eigenvalue weighted by Gasteiger charge is 2.45. The van der Waals surface area contributed by atoms with Crippen LogP contribution < -0.4 is 4.74 Å². The molecule has 0 bridgehead atoms. The second kappa shape index (κ2) is 5.44. The molecule has 0 unspecified atom stereocenters. The van der Waals surface area contributed by atoms with E-state index in [9.17, 15) is 31.1 Å². The van der Waals surface area contributed by atoms with Crippen LogP contribution in [0.25, 0.3) is 10.9 Å². The van der Waals surface area contributed by atoms with Gasteiger partial charge in [0.15, 0.2) is 11.4 Å². The molecule has 2 aromatic rings. The van der Waals surface area contributed by atoms with Crippen LogP contribution in [0.15, 0.2) is 18.2 Å². The lowest BCUT2D eigenvalue weighted by atomic mass is 10.1. The maximum atomic E-state index is 12.8. The van der Waals surface area contributed by atoms with Crippen LogP contribution in [-0.4, -0.2) is 16.2 Å². The van der Waals surface area contributed by atoms with Gasteiger partial charge < -0.3 is 9.84 Å². The molecule has 0 fully saturated rings. The second-order valence-electron chi connectivity index (χ2n) is 4.20. The predicted octanol–water partition coefficient (Wildman–Crippen LogP) is 4.98. The molecule has 4 nitrogen and oxygen atoms in total. The third kappa shape index (κ3) is 3.41. The van der Waals surface area contributed by atoms with E-state index in [1.165, 1.54) is 0 Å². The summed E-state index contributed by atoms with van der Waals surface area (Å²) >= 11 is 5.61. The molecule has 23 heavy (non-hydrogen) atoms. The number of rotatable bonds is 1. The number of carboxylic acid groups (broad SMARTS) is 1. The molecule has 0 aliphatic carbocycles. The van der Waals surface area contributed by atoms with Crippen molar-refractivity contribution in [2.75, 3.05) is 0 Å². The summed E-state index contributed by atoms with van der Waals surface area (Å²) in [7, 11) is 0. The van der Waals surface area contributed by atoms with Gasteiger partial charge in [-0.1, -0.05) is 17.7 Å². The van der Waals surface area contributed by atoms with Crippen LogP contribution in [-0.2, 0) is 12.4 Å². The van der Waals surface area contributed by atoms with Gasteiger partial charge in [0.25, 0.3) is 0 Å². The minimum Gasteiger partial charge on any atom is -0.449 e. The fourth-order valence-corrected chi connectivity index (χ4v) is 2.00. The summed E-state index contributed by atoms with van der Waals surface area (Å²) < 4.78 is 81.2. The Bertz CT molecular complexity index is 787. The van der Waals surface area contributed by atoms with Crippen molar-refractivity contribution in [1.82, 2.24) is 4.98 Å². The zero-order chi connectivity index (χ0) is 17.6. The van der Waals surface area contributed by atoms with Crippen molar-refractivity contribution in [2.45, 2.75) is 12.4 Å². The Morgan fingerprint density at radius 2 is 1.74 bits per heavy atom. The topological polar surface area (TPSA) is 59.4 Å². The molecule has 0 saturated heterocycles. The lowest BCUT2D eigenvalue weighted by Crippen LogP contribution is -2.19. The van der Waals surface area contributed by atoms with Gasteiger partial charge in [0.2, 0.25) is 0 Å². The van der Waals surface area contributed by atoms with Gasteiger partial charge in [0.1, 0.15) is 5.52 Å².